The first-order chi connectivity index (χ1) is 12.4. The van der Waals surface area contributed by atoms with Gasteiger partial charge < -0.3 is 5.32 Å². The van der Waals surface area contributed by atoms with E-state index < -0.39 is 28.6 Å². The Bertz CT molecular complexity index is 947. The van der Waals surface area contributed by atoms with E-state index in [1.165, 1.54) is 12.1 Å². The number of nitrogens with zero attached hydrogens (tertiary/aromatic N) is 2. The molecule has 1 heterocycles. The molecule has 0 aliphatic heterocycles. The topological polar surface area (TPSA) is 70.7 Å². The molecular weight excluding hydrogens is 365 g/mol. The number of nitrogens with one attached hydrogen (secondary N) is 2. The molecule has 134 valence electrons. The first-order valence-corrected chi connectivity index (χ1v) is 8.42. The standard InChI is InChI=1S/C17H13F3N4OS/c1-9(16(25)21-10-6-7-13(19)14(20)8-10)26-17-22-15(23-24-17)11-4-2-3-5-12(11)18/h2-9H,1H3,(H,21,25)(H,22,23,24)/t9-/m1/s1. The molecule has 0 aliphatic carbocycles. The van der Waals surface area contributed by atoms with Crippen LogP contribution in [0.5, 0.6) is 0 Å². The Morgan fingerprint density at radius 3 is 2.62 bits per heavy atom. The fourth-order valence-corrected chi connectivity index (χ4v) is 2.83. The van der Waals surface area contributed by atoms with Crippen LogP contribution in [0.4, 0.5) is 18.9 Å². The summed E-state index contributed by atoms with van der Waals surface area (Å²) in [7, 11) is 0. The fraction of sp³-hybridized carbons (Fsp3) is 0.118. The number of aromatic amines is 1. The van der Waals surface area contributed by atoms with Crippen molar-refractivity contribution in [3.8, 4) is 11.4 Å². The zero-order valence-electron chi connectivity index (χ0n) is 13.5. The number of carbonyl (C=O) groups is 1. The second-order valence-electron chi connectivity index (χ2n) is 5.32. The van der Waals surface area contributed by atoms with Gasteiger partial charge >= 0.3 is 0 Å². The van der Waals surface area contributed by atoms with Crippen LogP contribution in [0.3, 0.4) is 0 Å². The van der Waals surface area contributed by atoms with Crippen LogP contribution in [0.1, 0.15) is 6.92 Å². The Morgan fingerprint density at radius 1 is 1.12 bits per heavy atom. The average molecular weight is 378 g/mol. The number of carbonyl (C=O) groups excluding carboxylic acids is 1. The molecule has 2 aromatic carbocycles. The van der Waals surface area contributed by atoms with E-state index in [0.29, 0.717) is 0 Å². The number of halogens is 3. The van der Waals surface area contributed by atoms with E-state index in [-0.39, 0.29) is 22.2 Å². The first kappa shape index (κ1) is 18.0. The van der Waals surface area contributed by atoms with Crippen molar-refractivity contribution >= 4 is 23.4 Å². The van der Waals surface area contributed by atoms with Crippen molar-refractivity contribution in [3.63, 3.8) is 0 Å². The SMILES string of the molecule is C[C@@H](Sc1n[nH]c(-c2ccccc2F)n1)C(=O)Nc1ccc(F)c(F)c1. The van der Waals surface area contributed by atoms with E-state index in [2.05, 4.69) is 20.5 Å². The molecule has 3 aromatic rings. The molecule has 1 amide bonds. The number of thioether (sulfide) groups is 1. The van der Waals surface area contributed by atoms with Crippen molar-refractivity contribution < 1.29 is 18.0 Å². The Morgan fingerprint density at radius 2 is 1.88 bits per heavy atom. The lowest BCUT2D eigenvalue weighted by Gasteiger charge is -2.10. The molecule has 1 atom stereocenters. The van der Waals surface area contributed by atoms with Crippen LogP contribution in [0.25, 0.3) is 11.4 Å². The summed E-state index contributed by atoms with van der Waals surface area (Å²) in [6, 6.07) is 9.19. The van der Waals surface area contributed by atoms with Crippen LogP contribution in [-0.4, -0.2) is 26.3 Å². The summed E-state index contributed by atoms with van der Waals surface area (Å²) in [5.74, 6) is -2.67. The van der Waals surface area contributed by atoms with Crippen molar-refractivity contribution in [2.75, 3.05) is 5.32 Å². The Balaban J connectivity index is 1.66. The van der Waals surface area contributed by atoms with Crippen LogP contribution < -0.4 is 5.32 Å². The lowest BCUT2D eigenvalue weighted by Crippen LogP contribution is -2.22. The van der Waals surface area contributed by atoms with Gasteiger partial charge in [0.15, 0.2) is 17.5 Å². The smallest absolute Gasteiger partial charge is 0.237 e. The van der Waals surface area contributed by atoms with Gasteiger partial charge in [0.2, 0.25) is 11.1 Å². The number of rotatable bonds is 5. The maximum Gasteiger partial charge on any atom is 0.237 e. The molecule has 0 radical (unpaired) electrons. The Kier molecular flexibility index (Phi) is 5.27. The molecule has 0 spiro atoms. The average Bonchev–Trinajstić information content (AvgIpc) is 3.06. The summed E-state index contributed by atoms with van der Waals surface area (Å²) in [5.41, 5.74) is 0.411. The molecular formula is C17H13F3N4OS. The third-order valence-corrected chi connectivity index (χ3v) is 4.39. The van der Waals surface area contributed by atoms with Gasteiger partial charge in [-0.15, -0.1) is 5.10 Å². The molecule has 9 heteroatoms. The van der Waals surface area contributed by atoms with Gasteiger partial charge in [-0.25, -0.2) is 18.2 Å². The lowest BCUT2D eigenvalue weighted by molar-refractivity contribution is -0.115. The van der Waals surface area contributed by atoms with Crippen LogP contribution in [0.15, 0.2) is 47.6 Å². The van der Waals surface area contributed by atoms with Gasteiger partial charge in [0, 0.05) is 11.8 Å². The van der Waals surface area contributed by atoms with Gasteiger partial charge in [0.1, 0.15) is 5.82 Å². The number of hydrogen-bond acceptors (Lipinski definition) is 4. The number of amides is 1. The second-order valence-corrected chi connectivity index (χ2v) is 6.63. The second kappa shape index (κ2) is 7.61. The molecule has 0 unspecified atom stereocenters. The summed E-state index contributed by atoms with van der Waals surface area (Å²) in [5, 5.41) is 8.71. The van der Waals surface area contributed by atoms with Gasteiger partial charge in [-0.1, -0.05) is 23.9 Å². The minimum Gasteiger partial charge on any atom is -0.325 e. The minimum atomic E-state index is -1.05. The molecule has 0 aliphatic rings. The summed E-state index contributed by atoms with van der Waals surface area (Å²) in [4.78, 5) is 16.3. The summed E-state index contributed by atoms with van der Waals surface area (Å²) < 4.78 is 39.9. The maximum atomic E-state index is 13.8. The lowest BCUT2D eigenvalue weighted by atomic mass is 10.2. The number of benzene rings is 2. The molecule has 0 bridgehead atoms. The highest BCUT2D eigenvalue weighted by Gasteiger charge is 2.19. The van der Waals surface area contributed by atoms with Gasteiger partial charge in [0.05, 0.1) is 10.8 Å². The van der Waals surface area contributed by atoms with E-state index in [0.717, 1.165) is 23.9 Å². The Labute approximate surface area is 151 Å². The van der Waals surface area contributed by atoms with Crippen molar-refractivity contribution in [1.82, 2.24) is 15.2 Å². The predicted octanol–water partition coefficient (Wildman–Crippen LogP) is 4.01. The quantitative estimate of drug-likeness (QED) is 0.658. The van der Waals surface area contributed by atoms with E-state index in [4.69, 9.17) is 0 Å². The summed E-state index contributed by atoms with van der Waals surface area (Å²) >= 11 is 1.04. The zero-order chi connectivity index (χ0) is 18.7. The van der Waals surface area contributed by atoms with Crippen LogP contribution >= 0.6 is 11.8 Å². The van der Waals surface area contributed by atoms with E-state index in [1.807, 2.05) is 0 Å². The van der Waals surface area contributed by atoms with Crippen LogP contribution in [-0.2, 0) is 4.79 Å². The largest absolute Gasteiger partial charge is 0.325 e. The molecule has 3 rings (SSSR count). The third kappa shape index (κ3) is 4.05. The molecule has 5 nitrogen and oxygen atoms in total. The van der Waals surface area contributed by atoms with Gasteiger partial charge in [0.25, 0.3) is 0 Å². The van der Waals surface area contributed by atoms with Crippen LogP contribution in [0, 0.1) is 17.5 Å². The van der Waals surface area contributed by atoms with E-state index >= 15 is 0 Å². The highest BCUT2D eigenvalue weighted by atomic mass is 32.2. The molecule has 2 N–H and O–H groups in total. The molecule has 0 saturated heterocycles. The summed E-state index contributed by atoms with van der Waals surface area (Å²) in [6.07, 6.45) is 0. The zero-order valence-corrected chi connectivity index (χ0v) is 14.3. The van der Waals surface area contributed by atoms with E-state index in [9.17, 15) is 18.0 Å². The van der Waals surface area contributed by atoms with E-state index in [1.54, 1.807) is 25.1 Å². The number of anilines is 1. The van der Waals surface area contributed by atoms with Crippen molar-refractivity contribution in [3.05, 3.63) is 59.9 Å². The van der Waals surface area contributed by atoms with Crippen molar-refractivity contribution in [2.24, 2.45) is 0 Å². The first-order valence-electron chi connectivity index (χ1n) is 7.54. The number of H-pyrrole nitrogens is 1. The summed E-state index contributed by atoms with van der Waals surface area (Å²) in [6.45, 7) is 1.61. The van der Waals surface area contributed by atoms with Crippen LogP contribution in [0.2, 0.25) is 0 Å². The molecule has 26 heavy (non-hydrogen) atoms. The third-order valence-electron chi connectivity index (χ3n) is 3.43. The highest BCUT2D eigenvalue weighted by Crippen LogP contribution is 2.25. The molecule has 1 aromatic heterocycles. The molecule has 0 saturated carbocycles. The normalized spacial score (nSPS) is 12.0. The Hall–Kier alpha value is -2.81. The number of aromatic nitrogens is 3. The van der Waals surface area contributed by atoms with Crippen molar-refractivity contribution in [2.45, 2.75) is 17.3 Å². The predicted molar refractivity (Wildman–Crippen MR) is 92.1 cm³/mol. The highest BCUT2D eigenvalue weighted by molar-refractivity contribution is 8.00. The fourth-order valence-electron chi connectivity index (χ4n) is 2.10. The van der Waals surface area contributed by atoms with Gasteiger partial charge in [-0.2, -0.15) is 0 Å². The minimum absolute atomic E-state index is 0.142. The van der Waals surface area contributed by atoms with Crippen molar-refractivity contribution in [1.29, 1.82) is 0 Å². The maximum absolute atomic E-state index is 13.8. The monoisotopic (exact) mass is 378 g/mol. The van der Waals surface area contributed by atoms with Gasteiger partial charge in [-0.05, 0) is 31.2 Å². The molecule has 0 fully saturated rings. The van der Waals surface area contributed by atoms with Gasteiger partial charge in [-0.3, -0.25) is 9.89 Å². The number of hydrogen-bond donors (Lipinski definition) is 2.